The van der Waals surface area contributed by atoms with Crippen LogP contribution in [0.15, 0.2) is 56.8 Å². The Balaban J connectivity index is 2.13. The van der Waals surface area contributed by atoms with Gasteiger partial charge in [-0.05, 0) is 42.7 Å². The molecule has 1 heterocycles. The number of halogens is 1. The number of carbonyl (C=O) groups is 1. The van der Waals surface area contributed by atoms with Crippen LogP contribution in [-0.2, 0) is 6.54 Å². The van der Waals surface area contributed by atoms with Gasteiger partial charge in [-0.2, -0.15) is 4.99 Å². The predicted molar refractivity (Wildman–Crippen MR) is 104 cm³/mol. The molecule has 0 saturated carbocycles. The molecule has 0 aliphatic carbocycles. The van der Waals surface area contributed by atoms with Crippen molar-refractivity contribution in [2.24, 2.45) is 4.99 Å². The SMILES string of the molecule is C#CCn1c(=NC(=O)c2cccc(SC)c2)sc2cc(Br)ccc21. The van der Waals surface area contributed by atoms with E-state index in [2.05, 4.69) is 26.8 Å². The van der Waals surface area contributed by atoms with Gasteiger partial charge in [0.15, 0.2) is 4.80 Å². The summed E-state index contributed by atoms with van der Waals surface area (Å²) in [6.07, 6.45) is 7.46. The maximum atomic E-state index is 12.5. The molecule has 0 saturated heterocycles. The third-order valence-electron chi connectivity index (χ3n) is 3.41. The van der Waals surface area contributed by atoms with Crippen molar-refractivity contribution >= 4 is 55.2 Å². The van der Waals surface area contributed by atoms with Gasteiger partial charge in [-0.25, -0.2) is 0 Å². The zero-order valence-corrected chi connectivity index (χ0v) is 16.0. The van der Waals surface area contributed by atoms with E-state index < -0.39 is 0 Å². The summed E-state index contributed by atoms with van der Waals surface area (Å²) in [5, 5.41) is 0. The number of carbonyl (C=O) groups excluding carboxylic acids is 1. The Hall–Kier alpha value is -1.81. The maximum absolute atomic E-state index is 12.5. The smallest absolute Gasteiger partial charge is 0.279 e. The first-order valence-electron chi connectivity index (χ1n) is 7.08. The monoisotopic (exact) mass is 416 g/mol. The fourth-order valence-corrected chi connectivity index (χ4v) is 4.32. The first-order chi connectivity index (χ1) is 11.6. The molecule has 3 aromatic rings. The van der Waals surface area contributed by atoms with Gasteiger partial charge in [0, 0.05) is 14.9 Å². The topological polar surface area (TPSA) is 34.4 Å². The molecule has 6 heteroatoms. The van der Waals surface area contributed by atoms with Crippen LogP contribution in [0.5, 0.6) is 0 Å². The van der Waals surface area contributed by atoms with Crippen molar-refractivity contribution in [1.82, 2.24) is 4.57 Å². The highest BCUT2D eigenvalue weighted by Gasteiger charge is 2.09. The molecule has 0 aliphatic heterocycles. The number of hydrogen-bond donors (Lipinski definition) is 0. The Labute approximate surface area is 156 Å². The average molecular weight is 417 g/mol. The third kappa shape index (κ3) is 3.48. The molecule has 0 radical (unpaired) electrons. The zero-order valence-electron chi connectivity index (χ0n) is 12.8. The Bertz CT molecular complexity index is 1030. The van der Waals surface area contributed by atoms with Gasteiger partial charge in [0.05, 0.1) is 16.8 Å². The van der Waals surface area contributed by atoms with Crippen molar-refractivity contribution in [1.29, 1.82) is 0 Å². The molecular formula is C18H13BrN2OS2. The first kappa shape index (κ1) is 17.0. The first-order valence-corrected chi connectivity index (χ1v) is 9.91. The van der Waals surface area contributed by atoms with E-state index in [9.17, 15) is 4.79 Å². The minimum atomic E-state index is -0.262. The minimum Gasteiger partial charge on any atom is -0.305 e. The average Bonchev–Trinajstić information content (AvgIpc) is 2.91. The van der Waals surface area contributed by atoms with E-state index in [0.717, 1.165) is 19.6 Å². The van der Waals surface area contributed by atoms with Gasteiger partial charge in [0.2, 0.25) is 0 Å². The van der Waals surface area contributed by atoms with E-state index in [-0.39, 0.29) is 5.91 Å². The lowest BCUT2D eigenvalue weighted by Crippen LogP contribution is -2.16. The molecule has 120 valence electrons. The zero-order chi connectivity index (χ0) is 17.1. The van der Waals surface area contributed by atoms with Crippen LogP contribution in [0.1, 0.15) is 10.4 Å². The van der Waals surface area contributed by atoms with Crippen LogP contribution in [0.4, 0.5) is 0 Å². The molecule has 0 fully saturated rings. The molecule has 0 unspecified atom stereocenters. The summed E-state index contributed by atoms with van der Waals surface area (Å²) in [7, 11) is 0. The second-order valence-electron chi connectivity index (χ2n) is 4.94. The highest BCUT2D eigenvalue weighted by Crippen LogP contribution is 2.22. The number of rotatable bonds is 3. The summed E-state index contributed by atoms with van der Waals surface area (Å²) in [5.41, 5.74) is 1.55. The molecule has 0 N–H and O–H groups in total. The number of thiazole rings is 1. The minimum absolute atomic E-state index is 0.262. The Morgan fingerprint density at radius 2 is 2.21 bits per heavy atom. The largest absolute Gasteiger partial charge is 0.305 e. The van der Waals surface area contributed by atoms with Crippen LogP contribution in [-0.4, -0.2) is 16.7 Å². The fraction of sp³-hybridized carbons (Fsp3) is 0.111. The van der Waals surface area contributed by atoms with E-state index in [0.29, 0.717) is 16.9 Å². The van der Waals surface area contributed by atoms with Crippen molar-refractivity contribution < 1.29 is 4.79 Å². The van der Waals surface area contributed by atoms with E-state index >= 15 is 0 Å². The lowest BCUT2D eigenvalue weighted by molar-refractivity contribution is 0.0997. The van der Waals surface area contributed by atoms with Gasteiger partial charge in [0.1, 0.15) is 0 Å². The quantitative estimate of drug-likeness (QED) is 0.463. The molecule has 0 atom stereocenters. The van der Waals surface area contributed by atoms with Crippen molar-refractivity contribution in [3.05, 3.63) is 57.3 Å². The summed E-state index contributed by atoms with van der Waals surface area (Å²) in [4.78, 5) is 18.5. The van der Waals surface area contributed by atoms with Crippen LogP contribution < -0.4 is 4.80 Å². The fourth-order valence-electron chi connectivity index (χ4n) is 2.28. The highest BCUT2D eigenvalue weighted by atomic mass is 79.9. The van der Waals surface area contributed by atoms with Crippen molar-refractivity contribution in [3.8, 4) is 12.3 Å². The van der Waals surface area contributed by atoms with E-state index in [1.807, 2.05) is 47.2 Å². The van der Waals surface area contributed by atoms with Crippen molar-refractivity contribution in [2.75, 3.05) is 6.26 Å². The standard InChI is InChI=1S/C18H13BrN2OS2/c1-3-9-21-15-8-7-13(19)11-16(15)24-18(21)20-17(22)12-5-4-6-14(10-12)23-2/h1,4-8,10-11H,9H2,2H3. The van der Waals surface area contributed by atoms with Crippen LogP contribution in [0.3, 0.4) is 0 Å². The van der Waals surface area contributed by atoms with E-state index in [1.165, 1.54) is 11.3 Å². The van der Waals surface area contributed by atoms with Crippen LogP contribution in [0.25, 0.3) is 10.2 Å². The summed E-state index contributed by atoms with van der Waals surface area (Å²) in [6, 6.07) is 13.4. The van der Waals surface area contributed by atoms with Crippen molar-refractivity contribution in [2.45, 2.75) is 11.4 Å². The Morgan fingerprint density at radius 3 is 2.96 bits per heavy atom. The van der Waals surface area contributed by atoms with Gasteiger partial charge in [-0.1, -0.05) is 39.3 Å². The number of aromatic nitrogens is 1. The van der Waals surface area contributed by atoms with Gasteiger partial charge in [0.25, 0.3) is 5.91 Å². The summed E-state index contributed by atoms with van der Waals surface area (Å²) >= 11 is 6.52. The summed E-state index contributed by atoms with van der Waals surface area (Å²) in [5.74, 6) is 2.37. The van der Waals surface area contributed by atoms with Crippen LogP contribution in [0, 0.1) is 12.3 Å². The molecule has 3 rings (SSSR count). The lowest BCUT2D eigenvalue weighted by Gasteiger charge is -2.01. The number of terminal acetylenes is 1. The molecule has 0 aliphatic rings. The van der Waals surface area contributed by atoms with Gasteiger partial charge < -0.3 is 4.57 Å². The van der Waals surface area contributed by atoms with E-state index in [1.54, 1.807) is 17.8 Å². The molecule has 24 heavy (non-hydrogen) atoms. The maximum Gasteiger partial charge on any atom is 0.279 e. The van der Waals surface area contributed by atoms with Crippen molar-refractivity contribution in [3.63, 3.8) is 0 Å². The lowest BCUT2D eigenvalue weighted by atomic mass is 10.2. The number of hydrogen-bond acceptors (Lipinski definition) is 3. The molecule has 2 aromatic carbocycles. The second-order valence-corrected chi connectivity index (χ2v) is 7.74. The molecule has 0 bridgehead atoms. The highest BCUT2D eigenvalue weighted by molar-refractivity contribution is 9.10. The molecule has 1 aromatic heterocycles. The third-order valence-corrected chi connectivity index (χ3v) is 5.67. The number of benzene rings is 2. The molecule has 3 nitrogen and oxygen atoms in total. The number of amides is 1. The molecule has 0 spiro atoms. The van der Waals surface area contributed by atoms with E-state index in [4.69, 9.17) is 6.42 Å². The van der Waals surface area contributed by atoms with Gasteiger partial charge in [-0.15, -0.1) is 18.2 Å². The van der Waals surface area contributed by atoms with Crippen LogP contribution >= 0.6 is 39.0 Å². The number of fused-ring (bicyclic) bond motifs is 1. The second kappa shape index (κ2) is 7.39. The number of thioether (sulfide) groups is 1. The normalized spacial score (nSPS) is 11.6. The van der Waals surface area contributed by atoms with Gasteiger partial charge >= 0.3 is 0 Å². The Kier molecular flexibility index (Phi) is 5.24. The Morgan fingerprint density at radius 1 is 1.38 bits per heavy atom. The molecule has 1 amide bonds. The van der Waals surface area contributed by atoms with Crippen LogP contribution in [0.2, 0.25) is 0 Å². The summed E-state index contributed by atoms with van der Waals surface area (Å²) in [6.45, 7) is 0.374. The number of nitrogens with zero attached hydrogens (tertiary/aromatic N) is 2. The molecular weight excluding hydrogens is 404 g/mol. The predicted octanol–water partition coefficient (Wildman–Crippen LogP) is 4.56. The van der Waals surface area contributed by atoms with Gasteiger partial charge in [-0.3, -0.25) is 4.79 Å². The summed E-state index contributed by atoms with van der Waals surface area (Å²) < 4.78 is 3.90.